The largest absolute Gasteiger partial charge is 0.478 e. The molecule has 138 valence electrons. The molecule has 0 radical (unpaired) electrons. The summed E-state index contributed by atoms with van der Waals surface area (Å²) in [5, 5.41) is 9.78. The van der Waals surface area contributed by atoms with Gasteiger partial charge in [-0.3, -0.25) is 0 Å². The maximum Gasteiger partial charge on any atom is 0.335 e. The second-order valence-electron chi connectivity index (χ2n) is 6.68. The molecule has 1 fully saturated rings. The van der Waals surface area contributed by atoms with Crippen LogP contribution in [0, 0.1) is 0 Å². The van der Waals surface area contributed by atoms with Gasteiger partial charge in [-0.2, -0.15) is 0 Å². The first-order valence-corrected chi connectivity index (χ1v) is 10.1. The monoisotopic (exact) mass is 371 g/mol. The highest BCUT2D eigenvalue weighted by Crippen LogP contribution is 2.27. The molecule has 0 saturated carbocycles. The zero-order valence-corrected chi connectivity index (χ0v) is 16.1. The summed E-state index contributed by atoms with van der Waals surface area (Å²) in [5.74, 6) is 0.860. The summed E-state index contributed by atoms with van der Waals surface area (Å²) in [4.78, 5) is 22.8. The lowest BCUT2D eigenvalue weighted by Gasteiger charge is -2.34. The van der Waals surface area contributed by atoms with Crippen LogP contribution in [0.2, 0.25) is 0 Å². The number of aryl methyl sites for hydroxylation is 1. The summed E-state index contributed by atoms with van der Waals surface area (Å²) >= 11 is 1.60. The van der Waals surface area contributed by atoms with Crippen LogP contribution in [-0.4, -0.2) is 33.6 Å². The number of nitrogens with zero attached hydrogens (tertiary/aromatic N) is 3. The van der Waals surface area contributed by atoms with E-state index in [0.29, 0.717) is 11.6 Å². The Morgan fingerprint density at radius 3 is 2.69 bits per heavy atom. The van der Waals surface area contributed by atoms with E-state index in [-0.39, 0.29) is 0 Å². The average molecular weight is 372 g/mol. The van der Waals surface area contributed by atoms with Gasteiger partial charge >= 0.3 is 5.97 Å². The molecule has 0 unspecified atom stereocenters. The van der Waals surface area contributed by atoms with Gasteiger partial charge < -0.3 is 10.0 Å². The molecular weight excluding hydrogens is 346 g/mol. The first kappa shape index (κ1) is 18.7. The molecule has 0 amide bonds. The minimum absolute atomic E-state index is 0.310. The van der Waals surface area contributed by atoms with Crippen LogP contribution in [-0.2, 0) is 12.2 Å². The van der Waals surface area contributed by atoms with Gasteiger partial charge in [-0.15, -0.1) is 0 Å². The Morgan fingerprint density at radius 1 is 1.27 bits per heavy atom. The summed E-state index contributed by atoms with van der Waals surface area (Å²) in [5.41, 5.74) is 2.44. The molecule has 26 heavy (non-hydrogen) atoms. The number of hydrogen-bond donors (Lipinski definition) is 1. The molecule has 1 saturated heterocycles. The molecule has 0 bridgehead atoms. The number of rotatable bonds is 6. The molecule has 1 aromatic carbocycles. The van der Waals surface area contributed by atoms with Crippen molar-refractivity contribution in [3.05, 3.63) is 47.2 Å². The highest BCUT2D eigenvalue weighted by molar-refractivity contribution is 7.98. The Balaban J connectivity index is 1.74. The van der Waals surface area contributed by atoms with Crippen molar-refractivity contribution in [2.75, 3.05) is 11.4 Å². The van der Waals surface area contributed by atoms with Crippen LogP contribution in [0.1, 0.15) is 54.7 Å². The van der Waals surface area contributed by atoms with E-state index in [1.807, 2.05) is 12.1 Å². The summed E-state index contributed by atoms with van der Waals surface area (Å²) in [6.45, 7) is 5.44. The third kappa shape index (κ3) is 4.55. The number of thioether (sulfide) groups is 1. The van der Waals surface area contributed by atoms with Crippen molar-refractivity contribution in [3.8, 4) is 0 Å². The van der Waals surface area contributed by atoms with Crippen molar-refractivity contribution in [2.45, 2.75) is 56.5 Å². The van der Waals surface area contributed by atoms with Gasteiger partial charge in [0, 0.05) is 30.1 Å². The zero-order chi connectivity index (χ0) is 18.5. The first-order chi connectivity index (χ1) is 12.6. The standard InChI is InChI=1S/C20H25N3O2S/c1-3-17-12-18(23-11-5-4-6-14(23)2)22-20(21-17)26-13-15-7-9-16(10-8-15)19(24)25/h7-10,12,14H,3-6,11,13H2,1-2H3,(H,24,25)/t14-/m0/s1. The van der Waals surface area contributed by atoms with Gasteiger partial charge in [-0.05, 0) is 50.3 Å². The zero-order valence-electron chi connectivity index (χ0n) is 15.3. The van der Waals surface area contributed by atoms with Gasteiger partial charge in [0.05, 0.1) is 5.56 Å². The molecular formula is C20H25N3O2S. The van der Waals surface area contributed by atoms with E-state index in [0.717, 1.165) is 41.0 Å². The molecule has 0 aliphatic carbocycles. The van der Waals surface area contributed by atoms with E-state index < -0.39 is 5.97 Å². The molecule has 1 N–H and O–H groups in total. The molecule has 1 aliphatic heterocycles. The van der Waals surface area contributed by atoms with Crippen molar-refractivity contribution in [1.29, 1.82) is 0 Å². The van der Waals surface area contributed by atoms with Crippen molar-refractivity contribution in [3.63, 3.8) is 0 Å². The third-order valence-corrected chi connectivity index (χ3v) is 5.69. The highest BCUT2D eigenvalue weighted by Gasteiger charge is 2.20. The smallest absolute Gasteiger partial charge is 0.335 e. The van der Waals surface area contributed by atoms with Gasteiger partial charge in [-0.1, -0.05) is 30.8 Å². The Kier molecular flexibility index (Phi) is 6.14. The average Bonchev–Trinajstić information content (AvgIpc) is 2.66. The molecule has 1 aliphatic rings. The SMILES string of the molecule is CCc1cc(N2CCCC[C@@H]2C)nc(SCc2ccc(C(=O)O)cc2)n1. The number of aromatic carboxylic acids is 1. The minimum Gasteiger partial charge on any atom is -0.478 e. The maximum atomic E-state index is 10.9. The summed E-state index contributed by atoms with van der Waals surface area (Å²) < 4.78 is 0. The number of piperidine rings is 1. The Morgan fingerprint density at radius 2 is 2.04 bits per heavy atom. The predicted octanol–water partition coefficient (Wildman–Crippen LogP) is 4.41. The van der Waals surface area contributed by atoms with Gasteiger partial charge in [0.25, 0.3) is 0 Å². The number of anilines is 1. The van der Waals surface area contributed by atoms with Crippen molar-refractivity contribution < 1.29 is 9.90 Å². The number of carboxylic acid groups (broad SMARTS) is 1. The second kappa shape index (κ2) is 8.54. The van der Waals surface area contributed by atoms with E-state index in [4.69, 9.17) is 10.1 Å². The highest BCUT2D eigenvalue weighted by atomic mass is 32.2. The minimum atomic E-state index is -0.900. The van der Waals surface area contributed by atoms with Crippen molar-refractivity contribution in [2.24, 2.45) is 0 Å². The Hall–Kier alpha value is -2.08. The second-order valence-corrected chi connectivity index (χ2v) is 7.63. The molecule has 2 heterocycles. The third-order valence-electron chi connectivity index (χ3n) is 4.77. The number of hydrogen-bond acceptors (Lipinski definition) is 5. The van der Waals surface area contributed by atoms with Gasteiger partial charge in [0.1, 0.15) is 5.82 Å². The predicted molar refractivity (Wildman–Crippen MR) is 105 cm³/mol. The van der Waals surface area contributed by atoms with Crippen LogP contribution in [0.3, 0.4) is 0 Å². The number of carbonyl (C=O) groups is 1. The lowest BCUT2D eigenvalue weighted by molar-refractivity contribution is 0.0697. The van der Waals surface area contributed by atoms with Crippen LogP contribution in [0.25, 0.3) is 0 Å². The molecule has 6 heteroatoms. The summed E-state index contributed by atoms with van der Waals surface area (Å²) in [6.07, 6.45) is 4.61. The van der Waals surface area contributed by atoms with E-state index in [2.05, 4.69) is 29.8 Å². The van der Waals surface area contributed by atoms with Gasteiger partial charge in [0.2, 0.25) is 0 Å². The van der Waals surface area contributed by atoms with Crippen LogP contribution >= 0.6 is 11.8 Å². The topological polar surface area (TPSA) is 66.3 Å². The summed E-state index contributed by atoms with van der Waals surface area (Å²) in [6, 6.07) is 9.63. The number of benzene rings is 1. The molecule has 3 rings (SSSR count). The van der Waals surface area contributed by atoms with Gasteiger partial charge in [-0.25, -0.2) is 14.8 Å². The fraction of sp³-hybridized carbons (Fsp3) is 0.450. The quantitative estimate of drug-likeness (QED) is 0.599. The van der Waals surface area contributed by atoms with Crippen molar-refractivity contribution in [1.82, 2.24) is 9.97 Å². The fourth-order valence-electron chi connectivity index (χ4n) is 3.18. The van der Waals surface area contributed by atoms with E-state index in [1.54, 1.807) is 23.9 Å². The lowest BCUT2D eigenvalue weighted by Crippen LogP contribution is -2.38. The Labute approximate surface area is 158 Å². The molecule has 5 nitrogen and oxygen atoms in total. The first-order valence-electron chi connectivity index (χ1n) is 9.16. The van der Waals surface area contributed by atoms with Crippen LogP contribution in [0.15, 0.2) is 35.5 Å². The van der Waals surface area contributed by atoms with E-state index in [1.165, 1.54) is 19.3 Å². The molecule has 2 aromatic rings. The summed E-state index contributed by atoms with van der Waals surface area (Å²) in [7, 11) is 0. The number of carboxylic acids is 1. The van der Waals surface area contributed by atoms with Crippen molar-refractivity contribution >= 4 is 23.5 Å². The lowest BCUT2D eigenvalue weighted by atomic mass is 10.0. The van der Waals surface area contributed by atoms with E-state index >= 15 is 0 Å². The van der Waals surface area contributed by atoms with Crippen LogP contribution in [0.4, 0.5) is 5.82 Å². The fourth-order valence-corrected chi connectivity index (χ4v) is 4.01. The molecule has 0 spiro atoms. The van der Waals surface area contributed by atoms with Crippen LogP contribution in [0.5, 0.6) is 0 Å². The molecule has 1 atom stereocenters. The van der Waals surface area contributed by atoms with E-state index in [9.17, 15) is 4.79 Å². The number of aromatic nitrogens is 2. The maximum absolute atomic E-state index is 10.9. The molecule has 1 aromatic heterocycles. The van der Waals surface area contributed by atoms with Gasteiger partial charge in [0.15, 0.2) is 5.16 Å². The Bertz CT molecular complexity index is 764. The van der Waals surface area contributed by atoms with Crippen LogP contribution < -0.4 is 4.90 Å². The normalized spacial score (nSPS) is 17.3.